The lowest BCUT2D eigenvalue weighted by Gasteiger charge is -2.22. The van der Waals surface area contributed by atoms with Gasteiger partial charge in [-0.1, -0.05) is 18.2 Å². The van der Waals surface area contributed by atoms with E-state index in [4.69, 9.17) is 0 Å². The molecule has 1 aromatic carbocycles. The summed E-state index contributed by atoms with van der Waals surface area (Å²) in [7, 11) is 2.05. The Labute approximate surface area is 210 Å². The molecule has 200 valence electrons. The third-order valence-electron chi connectivity index (χ3n) is 8.14. The van der Waals surface area contributed by atoms with Crippen molar-refractivity contribution in [2.24, 2.45) is 17.8 Å². The van der Waals surface area contributed by atoms with Gasteiger partial charge >= 0.3 is 0 Å². The first-order valence-electron chi connectivity index (χ1n) is 12.4. The number of halogens is 5. The van der Waals surface area contributed by atoms with Gasteiger partial charge in [-0.3, -0.25) is 9.59 Å². The Hall–Kier alpha value is -2.95. The summed E-state index contributed by atoms with van der Waals surface area (Å²) in [5.74, 6) is -0.391. The molecule has 5 rings (SSSR count). The zero-order valence-corrected chi connectivity index (χ0v) is 20.5. The van der Waals surface area contributed by atoms with Gasteiger partial charge in [0.05, 0.1) is 22.9 Å². The van der Waals surface area contributed by atoms with Crippen LogP contribution in [0.25, 0.3) is 0 Å². The third kappa shape index (κ3) is 4.62. The highest BCUT2D eigenvalue weighted by Gasteiger charge is 2.55. The lowest BCUT2D eigenvalue weighted by atomic mass is 10.0. The number of amides is 1. The van der Waals surface area contributed by atoms with E-state index in [1.165, 1.54) is 19.1 Å². The summed E-state index contributed by atoms with van der Waals surface area (Å²) in [6, 6.07) is 3.71. The summed E-state index contributed by atoms with van der Waals surface area (Å²) in [6.45, 7) is 3.92. The Morgan fingerprint density at radius 2 is 1.78 bits per heavy atom. The van der Waals surface area contributed by atoms with Crippen molar-refractivity contribution < 1.29 is 26.7 Å². The van der Waals surface area contributed by atoms with Gasteiger partial charge in [-0.25, -0.2) is 22.0 Å². The standard InChI is InChI=1S/C26H29F5N4O2/c1-13(14-4-3-5-15(22(14)27)23(28)29)33-24(37)19-12-35(26(6-7-26)25(30)31)21(36)8-20(19)32-9-16-17-10-34(2)11-18(16)17/h3-5,8,12-13,16-18,23,25,32H,6-7,9-11H2,1-2H3,(H,33,37)/t13-,16?,17-,18+/m1/s1. The molecular formula is C26H29F5N4O2. The molecule has 6 nitrogen and oxygen atoms in total. The number of aromatic nitrogens is 1. The first-order valence-corrected chi connectivity index (χ1v) is 12.4. The van der Waals surface area contributed by atoms with Crippen LogP contribution in [0.1, 0.15) is 53.7 Å². The number of pyridine rings is 1. The molecule has 37 heavy (non-hydrogen) atoms. The van der Waals surface area contributed by atoms with E-state index in [2.05, 4.69) is 22.6 Å². The van der Waals surface area contributed by atoms with Crippen molar-refractivity contribution in [1.82, 2.24) is 14.8 Å². The van der Waals surface area contributed by atoms with Crippen molar-refractivity contribution >= 4 is 11.6 Å². The van der Waals surface area contributed by atoms with Crippen LogP contribution in [0, 0.1) is 23.6 Å². The fraction of sp³-hybridized carbons (Fsp3) is 0.538. The lowest BCUT2D eigenvalue weighted by molar-refractivity contribution is 0.0648. The number of carbonyl (C=O) groups excluding carboxylic acids is 1. The molecule has 3 aliphatic rings. The number of anilines is 1. The smallest absolute Gasteiger partial charge is 0.266 e. The van der Waals surface area contributed by atoms with Crippen LogP contribution in [0.4, 0.5) is 27.6 Å². The molecule has 3 fully saturated rings. The summed E-state index contributed by atoms with van der Waals surface area (Å²) < 4.78 is 69.5. The summed E-state index contributed by atoms with van der Waals surface area (Å²) in [6.07, 6.45) is -4.45. The predicted molar refractivity (Wildman–Crippen MR) is 128 cm³/mol. The van der Waals surface area contributed by atoms with Gasteiger partial charge in [-0.15, -0.1) is 0 Å². The zero-order chi connectivity index (χ0) is 26.6. The van der Waals surface area contributed by atoms with E-state index in [1.807, 2.05) is 0 Å². The van der Waals surface area contributed by atoms with Gasteiger partial charge in [0.1, 0.15) is 11.4 Å². The van der Waals surface area contributed by atoms with Crippen LogP contribution < -0.4 is 16.2 Å². The number of nitrogens with zero attached hydrogens (tertiary/aromatic N) is 2. The number of hydrogen-bond acceptors (Lipinski definition) is 4. The average Bonchev–Trinajstić information content (AvgIpc) is 3.72. The Balaban J connectivity index is 1.41. The van der Waals surface area contributed by atoms with Crippen LogP contribution in [-0.4, -0.2) is 48.5 Å². The maximum Gasteiger partial charge on any atom is 0.266 e. The first-order chi connectivity index (χ1) is 17.5. The summed E-state index contributed by atoms with van der Waals surface area (Å²) >= 11 is 0. The number of fused-ring (bicyclic) bond motifs is 1. The molecule has 4 atom stereocenters. The summed E-state index contributed by atoms with van der Waals surface area (Å²) in [5, 5.41) is 5.75. The maximum atomic E-state index is 14.7. The van der Waals surface area contributed by atoms with E-state index in [0.717, 1.165) is 36.0 Å². The largest absolute Gasteiger partial charge is 0.384 e. The molecule has 0 spiro atoms. The van der Waals surface area contributed by atoms with Crippen molar-refractivity contribution in [1.29, 1.82) is 0 Å². The first kappa shape index (κ1) is 25.7. The monoisotopic (exact) mass is 524 g/mol. The SMILES string of the molecule is C[C@@H](NC(=O)c1cn(C2(C(F)F)CC2)c(=O)cc1NCC1[C@H]2CN(C)C[C@@H]12)c1cccc(C(F)F)c1F. The second kappa shape index (κ2) is 9.41. The number of nitrogens with one attached hydrogen (secondary N) is 2. The number of rotatable bonds is 9. The van der Waals surface area contributed by atoms with Crippen LogP contribution in [0.2, 0.25) is 0 Å². The molecule has 2 saturated carbocycles. The molecule has 1 amide bonds. The normalized spacial score (nSPS) is 24.7. The maximum absolute atomic E-state index is 14.7. The predicted octanol–water partition coefficient (Wildman–Crippen LogP) is 4.39. The van der Waals surface area contributed by atoms with Crippen molar-refractivity contribution in [2.45, 2.75) is 44.2 Å². The van der Waals surface area contributed by atoms with Crippen LogP contribution >= 0.6 is 0 Å². The highest BCUT2D eigenvalue weighted by Crippen LogP contribution is 2.51. The highest BCUT2D eigenvalue weighted by atomic mass is 19.3. The molecule has 0 radical (unpaired) electrons. The van der Waals surface area contributed by atoms with E-state index in [-0.39, 0.29) is 29.7 Å². The van der Waals surface area contributed by atoms with E-state index in [0.29, 0.717) is 24.3 Å². The van der Waals surface area contributed by atoms with Crippen LogP contribution in [-0.2, 0) is 5.54 Å². The molecule has 1 unspecified atom stereocenters. The van der Waals surface area contributed by atoms with Gasteiger partial charge in [-0.05, 0) is 44.6 Å². The fourth-order valence-corrected chi connectivity index (χ4v) is 5.71. The lowest BCUT2D eigenvalue weighted by Crippen LogP contribution is -2.37. The van der Waals surface area contributed by atoms with Gasteiger partial charge in [0.25, 0.3) is 24.3 Å². The van der Waals surface area contributed by atoms with E-state index in [9.17, 15) is 31.5 Å². The summed E-state index contributed by atoms with van der Waals surface area (Å²) in [4.78, 5) is 28.4. The number of alkyl halides is 4. The minimum atomic E-state index is -3.02. The van der Waals surface area contributed by atoms with Crippen LogP contribution in [0.3, 0.4) is 0 Å². The molecule has 2 heterocycles. The minimum absolute atomic E-state index is 0.0354. The van der Waals surface area contributed by atoms with E-state index >= 15 is 0 Å². The zero-order valence-electron chi connectivity index (χ0n) is 20.5. The second-order valence-electron chi connectivity index (χ2n) is 10.6. The molecule has 0 bridgehead atoms. The number of carbonyl (C=O) groups is 1. The molecule has 1 aromatic heterocycles. The topological polar surface area (TPSA) is 66.4 Å². The number of benzene rings is 1. The van der Waals surface area contributed by atoms with Crippen LogP contribution in [0.5, 0.6) is 0 Å². The molecule has 2 N–H and O–H groups in total. The van der Waals surface area contributed by atoms with Gasteiger partial charge < -0.3 is 20.1 Å². The van der Waals surface area contributed by atoms with Crippen molar-refractivity contribution in [3.63, 3.8) is 0 Å². The van der Waals surface area contributed by atoms with Crippen LogP contribution in [0.15, 0.2) is 35.3 Å². The number of hydrogen-bond donors (Lipinski definition) is 2. The molecule has 2 aromatic rings. The quantitative estimate of drug-likeness (QED) is 0.478. The van der Waals surface area contributed by atoms with Gasteiger partial charge in [0, 0.05) is 37.5 Å². The average molecular weight is 525 g/mol. The van der Waals surface area contributed by atoms with E-state index in [1.54, 1.807) is 0 Å². The van der Waals surface area contributed by atoms with Gasteiger partial charge in [0.2, 0.25) is 0 Å². The Bertz CT molecular complexity index is 1250. The third-order valence-corrected chi connectivity index (χ3v) is 8.14. The molecule has 11 heteroatoms. The Morgan fingerprint density at radius 1 is 1.14 bits per heavy atom. The molecule has 2 aliphatic carbocycles. The fourth-order valence-electron chi connectivity index (χ4n) is 5.71. The Morgan fingerprint density at radius 3 is 2.38 bits per heavy atom. The Kier molecular flexibility index (Phi) is 6.54. The van der Waals surface area contributed by atoms with Crippen molar-refractivity contribution in [3.8, 4) is 0 Å². The molecular weight excluding hydrogens is 495 g/mol. The van der Waals surface area contributed by atoms with Crippen molar-refractivity contribution in [2.75, 3.05) is 32.0 Å². The number of piperidine rings is 1. The number of likely N-dealkylation sites (tertiary alicyclic amines) is 1. The van der Waals surface area contributed by atoms with Gasteiger partial charge in [-0.2, -0.15) is 0 Å². The highest BCUT2D eigenvalue weighted by molar-refractivity contribution is 5.99. The van der Waals surface area contributed by atoms with Crippen molar-refractivity contribution in [3.05, 3.63) is 63.3 Å². The molecule has 1 aliphatic heterocycles. The minimum Gasteiger partial charge on any atom is -0.384 e. The summed E-state index contributed by atoms with van der Waals surface area (Å²) in [5.41, 5.74) is -3.02. The second-order valence-corrected chi connectivity index (χ2v) is 10.6. The van der Waals surface area contributed by atoms with Gasteiger partial charge in [0.15, 0.2) is 0 Å². The van der Waals surface area contributed by atoms with E-state index < -0.39 is 47.3 Å². The molecule has 1 saturated heterocycles.